The van der Waals surface area contributed by atoms with Gasteiger partial charge in [-0.15, -0.1) is 0 Å². The highest BCUT2D eigenvalue weighted by molar-refractivity contribution is 5.88. The van der Waals surface area contributed by atoms with Crippen LogP contribution in [0.2, 0.25) is 0 Å². The summed E-state index contributed by atoms with van der Waals surface area (Å²) in [5.41, 5.74) is 0.632. The van der Waals surface area contributed by atoms with Gasteiger partial charge in [-0.05, 0) is 12.5 Å². The Morgan fingerprint density at radius 2 is 2.36 bits per heavy atom. The number of hydrogen-bond acceptors (Lipinski definition) is 2. The third kappa shape index (κ3) is 1.46. The smallest absolute Gasteiger partial charge is 0.342 e. The van der Waals surface area contributed by atoms with Crippen LogP contribution in [-0.2, 0) is 0 Å². The molecule has 1 aromatic heterocycles. The number of rotatable bonds is 1. The zero-order valence-electron chi connectivity index (χ0n) is 5.94. The molecule has 0 aliphatic rings. The topological polar surface area (TPSA) is 64.2 Å². The lowest BCUT2D eigenvalue weighted by Gasteiger charge is -1.99. The highest BCUT2D eigenvalue weighted by atomic mass is 16.5. The van der Waals surface area contributed by atoms with E-state index in [4.69, 9.17) is 5.11 Å². The molecule has 1 N–H and O–H groups in total. The molecule has 0 aliphatic carbocycles. The lowest BCUT2D eigenvalue weighted by Crippen LogP contribution is -2.26. The van der Waals surface area contributed by atoms with E-state index >= 15 is 0 Å². The average molecular weight is 153 g/mol. The molecule has 1 heterocycles. The Hall–Kier alpha value is -1.58. The van der Waals surface area contributed by atoms with Gasteiger partial charge in [0.1, 0.15) is 5.56 Å². The summed E-state index contributed by atoms with van der Waals surface area (Å²) >= 11 is 0. The van der Waals surface area contributed by atoms with E-state index in [0.717, 1.165) is 6.20 Å². The SMILES string of the molecule is Cc1cc[n+]([O-])cc1C(=O)O. The number of carbonyl (C=O) groups is 1. The van der Waals surface area contributed by atoms with Gasteiger partial charge in [-0.1, -0.05) is 0 Å². The summed E-state index contributed by atoms with van der Waals surface area (Å²) in [4.78, 5) is 10.4. The molecule has 0 spiro atoms. The van der Waals surface area contributed by atoms with Crippen LogP contribution in [0.4, 0.5) is 0 Å². The number of pyridine rings is 1. The molecular weight excluding hydrogens is 146 g/mol. The molecule has 0 aliphatic heterocycles. The highest BCUT2D eigenvalue weighted by Gasteiger charge is 2.09. The number of aromatic carboxylic acids is 1. The van der Waals surface area contributed by atoms with Crippen LogP contribution in [0.25, 0.3) is 0 Å². The van der Waals surface area contributed by atoms with Crippen LogP contribution in [-0.4, -0.2) is 11.1 Å². The number of carboxylic acids is 1. The molecule has 0 fully saturated rings. The average Bonchev–Trinajstić information content (AvgIpc) is 1.94. The zero-order chi connectivity index (χ0) is 8.43. The van der Waals surface area contributed by atoms with Gasteiger partial charge in [0.25, 0.3) is 0 Å². The van der Waals surface area contributed by atoms with Gasteiger partial charge >= 0.3 is 5.97 Å². The number of carboxylic acid groups (broad SMARTS) is 1. The second-order valence-corrected chi connectivity index (χ2v) is 2.21. The summed E-state index contributed by atoms with van der Waals surface area (Å²) in [6.07, 6.45) is 2.30. The van der Waals surface area contributed by atoms with E-state index in [0.29, 0.717) is 10.3 Å². The van der Waals surface area contributed by atoms with Crippen LogP contribution in [0.3, 0.4) is 0 Å². The third-order valence-electron chi connectivity index (χ3n) is 1.38. The van der Waals surface area contributed by atoms with Gasteiger partial charge in [0, 0.05) is 6.07 Å². The predicted octanol–water partition coefficient (Wildman–Crippen LogP) is 0.327. The molecule has 0 unspecified atom stereocenters. The van der Waals surface area contributed by atoms with Crippen molar-refractivity contribution in [3.8, 4) is 0 Å². The van der Waals surface area contributed by atoms with Gasteiger partial charge in [-0.3, -0.25) is 0 Å². The summed E-state index contributed by atoms with van der Waals surface area (Å²) in [6, 6.07) is 1.47. The highest BCUT2D eigenvalue weighted by Crippen LogP contribution is 2.02. The van der Waals surface area contributed by atoms with E-state index in [1.807, 2.05) is 0 Å². The van der Waals surface area contributed by atoms with E-state index in [-0.39, 0.29) is 5.56 Å². The maximum atomic E-state index is 10.6. The Morgan fingerprint density at radius 3 is 2.82 bits per heavy atom. The fourth-order valence-electron chi connectivity index (χ4n) is 0.771. The fraction of sp³-hybridized carbons (Fsp3) is 0.143. The van der Waals surface area contributed by atoms with Gasteiger partial charge in [0.2, 0.25) is 0 Å². The van der Waals surface area contributed by atoms with Crippen molar-refractivity contribution in [2.45, 2.75) is 6.92 Å². The summed E-state index contributed by atoms with van der Waals surface area (Å²) in [6.45, 7) is 1.64. The molecule has 0 bridgehead atoms. The van der Waals surface area contributed by atoms with Gasteiger partial charge in [0.05, 0.1) is 0 Å². The maximum Gasteiger partial charge on any atom is 0.342 e. The third-order valence-corrected chi connectivity index (χ3v) is 1.38. The second-order valence-electron chi connectivity index (χ2n) is 2.21. The summed E-state index contributed by atoms with van der Waals surface area (Å²) in [7, 11) is 0. The molecule has 4 heteroatoms. The van der Waals surface area contributed by atoms with E-state index in [1.165, 1.54) is 12.3 Å². The summed E-state index contributed by atoms with van der Waals surface area (Å²) in [5.74, 6) is -1.08. The van der Waals surface area contributed by atoms with Crippen molar-refractivity contribution in [3.63, 3.8) is 0 Å². The first-order chi connectivity index (χ1) is 5.11. The molecule has 0 amide bonds. The molecule has 1 rings (SSSR count). The van der Waals surface area contributed by atoms with E-state index < -0.39 is 5.97 Å². The molecule has 0 atom stereocenters. The van der Waals surface area contributed by atoms with Crippen LogP contribution >= 0.6 is 0 Å². The molecule has 0 saturated carbocycles. The lowest BCUT2D eigenvalue weighted by molar-refractivity contribution is -0.605. The fourth-order valence-corrected chi connectivity index (χ4v) is 0.771. The Labute approximate surface area is 63.3 Å². The van der Waals surface area contributed by atoms with E-state index in [2.05, 4.69) is 0 Å². The van der Waals surface area contributed by atoms with Crippen molar-refractivity contribution in [3.05, 3.63) is 34.8 Å². The monoisotopic (exact) mass is 153 g/mol. The first-order valence-electron chi connectivity index (χ1n) is 3.04. The predicted molar refractivity (Wildman–Crippen MR) is 37.1 cm³/mol. The molecule has 58 valence electrons. The normalized spacial score (nSPS) is 9.55. The molecule has 0 aromatic carbocycles. The Kier molecular flexibility index (Phi) is 1.76. The minimum atomic E-state index is -1.08. The van der Waals surface area contributed by atoms with Gasteiger partial charge in [-0.2, -0.15) is 4.73 Å². The minimum absolute atomic E-state index is 0.0440. The Morgan fingerprint density at radius 1 is 1.73 bits per heavy atom. The first-order valence-corrected chi connectivity index (χ1v) is 3.04. The number of nitrogens with zero attached hydrogens (tertiary/aromatic N) is 1. The standard InChI is InChI=1S/C7H7NO3/c1-5-2-3-8(11)4-6(5)7(9)10/h2-4H,1H3,(H,9,10). The zero-order valence-corrected chi connectivity index (χ0v) is 5.94. The van der Waals surface area contributed by atoms with Gasteiger partial charge in [0.15, 0.2) is 12.4 Å². The lowest BCUT2D eigenvalue weighted by atomic mass is 10.2. The largest absolute Gasteiger partial charge is 0.619 e. The van der Waals surface area contributed by atoms with Crippen molar-refractivity contribution in [1.29, 1.82) is 0 Å². The molecule has 0 radical (unpaired) electrons. The van der Waals surface area contributed by atoms with Crippen LogP contribution in [0, 0.1) is 12.1 Å². The summed E-state index contributed by atoms with van der Waals surface area (Å²) < 4.78 is 0.469. The molecule has 11 heavy (non-hydrogen) atoms. The van der Waals surface area contributed by atoms with Crippen LogP contribution in [0.15, 0.2) is 18.5 Å². The number of hydrogen-bond donors (Lipinski definition) is 1. The molecule has 1 aromatic rings. The summed E-state index contributed by atoms with van der Waals surface area (Å²) in [5, 5.41) is 19.1. The number of aryl methyl sites for hydroxylation is 1. The van der Waals surface area contributed by atoms with E-state index in [9.17, 15) is 10.0 Å². The molecule has 4 nitrogen and oxygen atoms in total. The van der Waals surface area contributed by atoms with Crippen LogP contribution in [0.5, 0.6) is 0 Å². The van der Waals surface area contributed by atoms with Crippen LogP contribution < -0.4 is 4.73 Å². The Balaban J connectivity index is 3.23. The van der Waals surface area contributed by atoms with Crippen molar-refractivity contribution >= 4 is 5.97 Å². The van der Waals surface area contributed by atoms with Crippen molar-refractivity contribution in [2.24, 2.45) is 0 Å². The minimum Gasteiger partial charge on any atom is -0.619 e. The quantitative estimate of drug-likeness (QED) is 0.467. The van der Waals surface area contributed by atoms with Gasteiger partial charge < -0.3 is 10.3 Å². The molecule has 0 saturated heterocycles. The van der Waals surface area contributed by atoms with Crippen LogP contribution in [0.1, 0.15) is 15.9 Å². The second kappa shape index (κ2) is 2.57. The molecular formula is C7H7NO3. The van der Waals surface area contributed by atoms with E-state index in [1.54, 1.807) is 6.92 Å². The van der Waals surface area contributed by atoms with Crippen molar-refractivity contribution in [2.75, 3.05) is 0 Å². The van der Waals surface area contributed by atoms with Crippen molar-refractivity contribution < 1.29 is 14.6 Å². The maximum absolute atomic E-state index is 10.6. The number of aromatic nitrogens is 1. The Bertz CT molecular complexity index is 296. The van der Waals surface area contributed by atoms with Crippen molar-refractivity contribution in [1.82, 2.24) is 0 Å². The van der Waals surface area contributed by atoms with Gasteiger partial charge in [-0.25, -0.2) is 4.79 Å². The first kappa shape index (κ1) is 7.53.